The predicted molar refractivity (Wildman–Crippen MR) is 38.6 cm³/mol. The Labute approximate surface area is 83.5 Å². The molecule has 1 aromatic rings. The fourth-order valence-electron chi connectivity index (χ4n) is 0.915. The van der Waals surface area contributed by atoms with Crippen LogP contribution in [0.1, 0.15) is 11.7 Å². The lowest BCUT2D eigenvalue weighted by Crippen LogP contribution is -2.35. The molecule has 2 N–H and O–H groups in total. The molecule has 1 rings (SSSR count). The van der Waals surface area contributed by atoms with E-state index >= 15 is 0 Å². The van der Waals surface area contributed by atoms with Gasteiger partial charge in [0.15, 0.2) is 0 Å². The second-order valence-electron chi connectivity index (χ2n) is 2.57. The van der Waals surface area contributed by atoms with Crippen LogP contribution in [0, 0.1) is 4.77 Å². The summed E-state index contributed by atoms with van der Waals surface area (Å²) in [6, 6.07) is 0. The van der Waals surface area contributed by atoms with E-state index in [0.29, 0.717) is 0 Å². The van der Waals surface area contributed by atoms with Crippen LogP contribution in [-0.4, -0.2) is 27.5 Å². The zero-order chi connectivity index (χ0) is 11.9. The molecule has 0 aliphatic carbocycles. The minimum atomic E-state index is -5.47. The molecule has 0 radical (unpaired) electrons. The summed E-state index contributed by atoms with van der Waals surface area (Å²) < 4.78 is 72.0. The van der Waals surface area contributed by atoms with E-state index in [1.54, 1.807) is 5.10 Å². The summed E-state index contributed by atoms with van der Waals surface area (Å²) in [6.07, 6.45) is -10.9. The van der Waals surface area contributed by atoms with Crippen molar-refractivity contribution in [2.75, 3.05) is 0 Å². The topological polar surface area (TPSA) is 44.5 Å². The second kappa shape index (κ2) is 3.51. The van der Waals surface area contributed by atoms with Crippen molar-refractivity contribution < 1.29 is 26.3 Å². The standard InChI is InChI=1S/C5H3F6N3S/c6-4(7,8)1(5(9,10)11)2-12-3(15)14-13-2/h1H,(H2,12,13,14,15). The quantitative estimate of drug-likeness (QED) is 0.595. The Hall–Kier alpha value is -1.06. The monoisotopic (exact) mass is 251 g/mol. The number of aromatic amines is 2. The molecule has 86 valence electrons. The van der Waals surface area contributed by atoms with Gasteiger partial charge in [0, 0.05) is 0 Å². The number of rotatable bonds is 1. The molecule has 1 heterocycles. The number of aromatic nitrogens is 3. The summed E-state index contributed by atoms with van der Waals surface area (Å²) in [6.45, 7) is 0. The molecule has 0 unspecified atom stereocenters. The molecule has 10 heteroatoms. The van der Waals surface area contributed by atoms with Crippen molar-refractivity contribution in [1.29, 1.82) is 0 Å². The molecule has 0 spiro atoms. The van der Waals surface area contributed by atoms with E-state index in [1.165, 1.54) is 0 Å². The predicted octanol–water partition coefficient (Wildman–Crippen LogP) is 2.68. The van der Waals surface area contributed by atoms with Crippen LogP contribution in [-0.2, 0) is 0 Å². The molecule has 0 aliphatic heterocycles. The number of alkyl halides is 6. The third-order valence-corrected chi connectivity index (χ3v) is 1.64. The zero-order valence-corrected chi connectivity index (χ0v) is 7.52. The molecule has 1 aromatic heterocycles. The molecule has 0 atom stereocenters. The number of nitrogens with one attached hydrogen (secondary N) is 2. The van der Waals surface area contributed by atoms with E-state index in [0.717, 1.165) is 0 Å². The first-order valence-corrected chi connectivity index (χ1v) is 3.81. The van der Waals surface area contributed by atoms with E-state index in [4.69, 9.17) is 0 Å². The summed E-state index contributed by atoms with van der Waals surface area (Å²) in [5.74, 6) is -4.95. The fourth-order valence-corrected chi connectivity index (χ4v) is 1.06. The molecular formula is C5H3F6N3S. The van der Waals surface area contributed by atoms with E-state index in [2.05, 4.69) is 17.2 Å². The average molecular weight is 251 g/mol. The first-order chi connectivity index (χ1) is 6.62. The first kappa shape index (κ1) is 12.0. The molecule has 0 fully saturated rings. The third-order valence-electron chi connectivity index (χ3n) is 1.45. The van der Waals surface area contributed by atoms with Gasteiger partial charge in [0.2, 0.25) is 10.7 Å². The highest BCUT2D eigenvalue weighted by Crippen LogP contribution is 2.44. The van der Waals surface area contributed by atoms with Crippen LogP contribution in [0.25, 0.3) is 0 Å². The first-order valence-electron chi connectivity index (χ1n) is 3.40. The average Bonchev–Trinajstić information content (AvgIpc) is 2.28. The van der Waals surface area contributed by atoms with E-state index < -0.39 is 28.9 Å². The van der Waals surface area contributed by atoms with Crippen molar-refractivity contribution in [2.45, 2.75) is 18.3 Å². The van der Waals surface area contributed by atoms with Crippen LogP contribution >= 0.6 is 12.2 Å². The Bertz CT molecular complexity index is 372. The van der Waals surface area contributed by atoms with Gasteiger partial charge in [0.1, 0.15) is 5.82 Å². The maximum absolute atomic E-state index is 12.1. The molecule has 15 heavy (non-hydrogen) atoms. The lowest BCUT2D eigenvalue weighted by molar-refractivity contribution is -0.255. The Morgan fingerprint density at radius 2 is 1.47 bits per heavy atom. The molecular weight excluding hydrogens is 248 g/mol. The number of halogens is 6. The van der Waals surface area contributed by atoms with Crippen LogP contribution in [0.3, 0.4) is 0 Å². The van der Waals surface area contributed by atoms with Crippen LogP contribution in [0.4, 0.5) is 26.3 Å². The summed E-state index contributed by atoms with van der Waals surface area (Å²) in [4.78, 5) is 2.91. The zero-order valence-electron chi connectivity index (χ0n) is 6.70. The minimum absolute atomic E-state index is 0.469. The molecule has 0 aromatic carbocycles. The SMILES string of the molecule is FC(F)(F)C(c1nc(=S)[nH][nH]1)C(F)(F)F. The minimum Gasteiger partial charge on any atom is -0.285 e. The molecule has 0 amide bonds. The Kier molecular flexibility index (Phi) is 2.81. The van der Waals surface area contributed by atoms with Crippen molar-refractivity contribution in [3.63, 3.8) is 0 Å². The van der Waals surface area contributed by atoms with E-state index in [9.17, 15) is 26.3 Å². The highest BCUT2D eigenvalue weighted by Gasteiger charge is 2.59. The van der Waals surface area contributed by atoms with Gasteiger partial charge in [-0.2, -0.15) is 26.3 Å². The Balaban J connectivity index is 3.19. The van der Waals surface area contributed by atoms with Crippen molar-refractivity contribution in [2.24, 2.45) is 0 Å². The van der Waals surface area contributed by atoms with Crippen molar-refractivity contribution >= 4 is 12.2 Å². The highest BCUT2D eigenvalue weighted by molar-refractivity contribution is 7.71. The number of H-pyrrole nitrogens is 2. The van der Waals surface area contributed by atoms with Crippen molar-refractivity contribution in [1.82, 2.24) is 15.2 Å². The summed E-state index contributed by atoms with van der Waals surface area (Å²) in [7, 11) is 0. The van der Waals surface area contributed by atoms with E-state index in [1.807, 2.05) is 5.10 Å². The highest BCUT2D eigenvalue weighted by atomic mass is 32.1. The van der Waals surface area contributed by atoms with Crippen molar-refractivity contribution in [3.05, 3.63) is 10.6 Å². The van der Waals surface area contributed by atoms with E-state index in [-0.39, 0.29) is 0 Å². The largest absolute Gasteiger partial charge is 0.407 e. The van der Waals surface area contributed by atoms with Gasteiger partial charge in [-0.15, -0.1) is 0 Å². The summed E-state index contributed by atoms with van der Waals surface area (Å²) in [5, 5.41) is 3.51. The maximum Gasteiger partial charge on any atom is 0.407 e. The summed E-state index contributed by atoms with van der Waals surface area (Å²) in [5.41, 5.74) is 0. The fraction of sp³-hybridized carbons (Fsp3) is 0.600. The van der Waals surface area contributed by atoms with Gasteiger partial charge in [-0.25, -0.2) is 4.98 Å². The van der Waals surface area contributed by atoms with Gasteiger partial charge < -0.3 is 0 Å². The number of hydrogen-bond donors (Lipinski definition) is 2. The molecule has 0 aliphatic rings. The van der Waals surface area contributed by atoms with Gasteiger partial charge in [-0.05, 0) is 12.2 Å². The number of hydrogen-bond acceptors (Lipinski definition) is 2. The van der Waals surface area contributed by atoms with Crippen molar-refractivity contribution in [3.8, 4) is 0 Å². The van der Waals surface area contributed by atoms with Crippen LogP contribution in [0.2, 0.25) is 0 Å². The normalized spacial score (nSPS) is 13.5. The molecule has 0 bridgehead atoms. The maximum atomic E-state index is 12.1. The van der Waals surface area contributed by atoms with Gasteiger partial charge in [-0.3, -0.25) is 10.2 Å². The lowest BCUT2D eigenvalue weighted by atomic mass is 10.1. The van der Waals surface area contributed by atoms with Crippen LogP contribution in [0.15, 0.2) is 0 Å². The summed E-state index contributed by atoms with van der Waals surface area (Å²) >= 11 is 4.27. The van der Waals surface area contributed by atoms with Gasteiger partial charge in [0.25, 0.3) is 0 Å². The molecule has 0 saturated carbocycles. The number of nitrogens with zero attached hydrogens (tertiary/aromatic N) is 1. The second-order valence-corrected chi connectivity index (χ2v) is 2.96. The molecule has 0 saturated heterocycles. The lowest BCUT2D eigenvalue weighted by Gasteiger charge is -2.20. The van der Waals surface area contributed by atoms with Gasteiger partial charge >= 0.3 is 12.4 Å². The van der Waals surface area contributed by atoms with Crippen LogP contribution < -0.4 is 0 Å². The third kappa shape index (κ3) is 2.70. The Morgan fingerprint density at radius 3 is 1.73 bits per heavy atom. The Morgan fingerprint density at radius 1 is 1.00 bits per heavy atom. The van der Waals surface area contributed by atoms with Crippen LogP contribution in [0.5, 0.6) is 0 Å². The van der Waals surface area contributed by atoms with Gasteiger partial charge in [-0.1, -0.05) is 0 Å². The van der Waals surface area contributed by atoms with Gasteiger partial charge in [0.05, 0.1) is 0 Å². The smallest absolute Gasteiger partial charge is 0.285 e. The molecule has 3 nitrogen and oxygen atoms in total.